The summed E-state index contributed by atoms with van der Waals surface area (Å²) < 4.78 is 10.1. The molecule has 0 amide bonds. The Morgan fingerprint density at radius 3 is 2.80 bits per heavy atom. The number of nitrogen functional groups attached to an aromatic ring is 1. The van der Waals surface area contributed by atoms with Gasteiger partial charge in [-0.1, -0.05) is 12.1 Å². The van der Waals surface area contributed by atoms with E-state index >= 15 is 0 Å². The van der Waals surface area contributed by atoms with E-state index < -0.39 is 0 Å². The van der Waals surface area contributed by atoms with Crippen LogP contribution in [0.3, 0.4) is 0 Å². The van der Waals surface area contributed by atoms with E-state index in [1.165, 1.54) is 0 Å². The van der Waals surface area contributed by atoms with Crippen molar-refractivity contribution in [3.63, 3.8) is 0 Å². The van der Waals surface area contributed by atoms with Gasteiger partial charge in [-0.05, 0) is 18.6 Å². The highest BCUT2D eigenvalue weighted by atomic mass is 16.6. The largest absolute Gasteiger partial charge is 0.454 e. The highest BCUT2D eigenvalue weighted by molar-refractivity contribution is 5.96. The summed E-state index contributed by atoms with van der Waals surface area (Å²) in [6, 6.07) is 5.35. The Kier molecular flexibility index (Phi) is 2.60. The first-order chi connectivity index (χ1) is 7.18. The summed E-state index contributed by atoms with van der Waals surface area (Å²) in [6.07, 6.45) is -0.114. The standard InChI is InChI=1S/C11H13NO3/c1-7-3-2-4-9(12)10(7)11(13)15-8-5-14-6-8/h2-4,8H,5-6,12H2,1H3. The third-order valence-corrected chi connectivity index (χ3v) is 2.39. The van der Waals surface area contributed by atoms with Gasteiger partial charge in [0.1, 0.15) is 6.10 Å². The second-order valence-electron chi connectivity index (χ2n) is 3.60. The molecule has 0 saturated carbocycles. The Hall–Kier alpha value is -1.55. The molecule has 0 radical (unpaired) electrons. The predicted octanol–water partition coefficient (Wildman–Crippen LogP) is 1.13. The lowest BCUT2D eigenvalue weighted by atomic mass is 10.1. The number of anilines is 1. The molecule has 0 atom stereocenters. The van der Waals surface area contributed by atoms with Crippen LogP contribution in [-0.4, -0.2) is 25.3 Å². The Morgan fingerprint density at radius 1 is 1.53 bits per heavy atom. The molecule has 1 aromatic carbocycles. The number of rotatable bonds is 2. The second-order valence-corrected chi connectivity index (χ2v) is 3.60. The van der Waals surface area contributed by atoms with Gasteiger partial charge in [-0.3, -0.25) is 0 Å². The number of esters is 1. The van der Waals surface area contributed by atoms with Crippen LogP contribution in [0.25, 0.3) is 0 Å². The monoisotopic (exact) mass is 207 g/mol. The molecule has 1 aromatic rings. The molecular weight excluding hydrogens is 194 g/mol. The van der Waals surface area contributed by atoms with Gasteiger partial charge in [0.15, 0.2) is 0 Å². The summed E-state index contributed by atoms with van der Waals surface area (Å²) >= 11 is 0. The van der Waals surface area contributed by atoms with Crippen molar-refractivity contribution in [1.29, 1.82) is 0 Å². The molecule has 1 aliphatic heterocycles. The number of benzene rings is 1. The molecular formula is C11H13NO3. The van der Waals surface area contributed by atoms with E-state index in [0.29, 0.717) is 24.5 Å². The zero-order valence-electron chi connectivity index (χ0n) is 8.53. The van der Waals surface area contributed by atoms with Crippen LogP contribution < -0.4 is 5.73 Å². The Balaban J connectivity index is 2.16. The van der Waals surface area contributed by atoms with Crippen LogP contribution >= 0.6 is 0 Å². The molecule has 0 aliphatic carbocycles. The molecule has 2 N–H and O–H groups in total. The number of carbonyl (C=O) groups is 1. The first-order valence-electron chi connectivity index (χ1n) is 4.82. The summed E-state index contributed by atoms with van der Waals surface area (Å²) in [5.41, 5.74) is 7.48. The van der Waals surface area contributed by atoms with E-state index in [4.69, 9.17) is 15.2 Å². The fraction of sp³-hybridized carbons (Fsp3) is 0.364. The highest BCUT2D eigenvalue weighted by Crippen LogP contribution is 2.19. The SMILES string of the molecule is Cc1cccc(N)c1C(=O)OC1COC1. The number of nitrogens with two attached hydrogens (primary N) is 1. The Morgan fingerprint density at radius 2 is 2.27 bits per heavy atom. The lowest BCUT2D eigenvalue weighted by molar-refractivity contribution is -0.103. The quantitative estimate of drug-likeness (QED) is 0.583. The zero-order valence-corrected chi connectivity index (χ0v) is 8.53. The van der Waals surface area contributed by atoms with E-state index in [9.17, 15) is 4.79 Å². The normalized spacial score (nSPS) is 15.8. The van der Waals surface area contributed by atoms with Crippen molar-refractivity contribution in [2.24, 2.45) is 0 Å². The third kappa shape index (κ3) is 1.94. The summed E-state index contributed by atoms with van der Waals surface area (Å²) in [5.74, 6) is -0.362. The average molecular weight is 207 g/mol. The molecule has 0 spiro atoms. The molecule has 4 nitrogen and oxygen atoms in total. The van der Waals surface area contributed by atoms with Crippen LogP contribution in [0.1, 0.15) is 15.9 Å². The minimum absolute atomic E-state index is 0.114. The van der Waals surface area contributed by atoms with Crippen molar-refractivity contribution in [2.75, 3.05) is 18.9 Å². The molecule has 15 heavy (non-hydrogen) atoms. The van der Waals surface area contributed by atoms with Gasteiger partial charge in [0.05, 0.1) is 18.8 Å². The van der Waals surface area contributed by atoms with E-state index in [1.807, 2.05) is 19.1 Å². The summed E-state index contributed by atoms with van der Waals surface area (Å²) in [7, 11) is 0. The van der Waals surface area contributed by atoms with Crippen LogP contribution in [0.15, 0.2) is 18.2 Å². The number of carbonyl (C=O) groups excluding carboxylic acids is 1. The Labute approximate surface area is 88.0 Å². The lowest BCUT2D eigenvalue weighted by Crippen LogP contribution is -2.38. The number of hydrogen-bond donors (Lipinski definition) is 1. The molecule has 1 aliphatic rings. The maximum absolute atomic E-state index is 11.7. The molecule has 1 heterocycles. The molecule has 2 rings (SSSR count). The molecule has 80 valence electrons. The third-order valence-electron chi connectivity index (χ3n) is 2.39. The van der Waals surface area contributed by atoms with Crippen molar-refractivity contribution < 1.29 is 14.3 Å². The molecule has 0 bridgehead atoms. The van der Waals surface area contributed by atoms with Crippen molar-refractivity contribution in [1.82, 2.24) is 0 Å². The van der Waals surface area contributed by atoms with Crippen LogP contribution in [0.5, 0.6) is 0 Å². The van der Waals surface area contributed by atoms with Gasteiger partial charge < -0.3 is 15.2 Å². The van der Waals surface area contributed by atoms with Gasteiger partial charge in [0.2, 0.25) is 0 Å². The Bertz CT molecular complexity index is 365. The van der Waals surface area contributed by atoms with E-state index in [0.717, 1.165) is 5.56 Å². The van der Waals surface area contributed by atoms with Crippen LogP contribution in [0.2, 0.25) is 0 Å². The maximum Gasteiger partial charge on any atom is 0.340 e. The summed E-state index contributed by atoms with van der Waals surface area (Å²) in [4.78, 5) is 11.7. The fourth-order valence-corrected chi connectivity index (χ4v) is 1.46. The predicted molar refractivity (Wildman–Crippen MR) is 55.6 cm³/mol. The summed E-state index contributed by atoms with van der Waals surface area (Å²) in [5, 5.41) is 0. The number of hydrogen-bond acceptors (Lipinski definition) is 4. The van der Waals surface area contributed by atoms with E-state index in [-0.39, 0.29) is 12.1 Å². The van der Waals surface area contributed by atoms with Gasteiger partial charge >= 0.3 is 5.97 Å². The van der Waals surface area contributed by atoms with Crippen LogP contribution in [0.4, 0.5) is 5.69 Å². The van der Waals surface area contributed by atoms with Gasteiger partial charge in [0.25, 0.3) is 0 Å². The lowest BCUT2D eigenvalue weighted by Gasteiger charge is -2.26. The first kappa shape index (κ1) is 9.98. The second kappa shape index (κ2) is 3.90. The summed E-state index contributed by atoms with van der Waals surface area (Å²) in [6.45, 7) is 2.80. The highest BCUT2D eigenvalue weighted by Gasteiger charge is 2.25. The molecule has 0 aromatic heterocycles. The fourth-order valence-electron chi connectivity index (χ4n) is 1.46. The number of ether oxygens (including phenoxy) is 2. The van der Waals surface area contributed by atoms with Gasteiger partial charge in [0, 0.05) is 5.69 Å². The molecule has 0 unspecified atom stereocenters. The van der Waals surface area contributed by atoms with Crippen molar-refractivity contribution >= 4 is 11.7 Å². The van der Waals surface area contributed by atoms with E-state index in [2.05, 4.69) is 0 Å². The topological polar surface area (TPSA) is 61.6 Å². The number of aryl methyl sites for hydroxylation is 1. The molecule has 1 saturated heterocycles. The zero-order chi connectivity index (χ0) is 10.8. The molecule has 1 fully saturated rings. The first-order valence-corrected chi connectivity index (χ1v) is 4.82. The van der Waals surface area contributed by atoms with Gasteiger partial charge in [-0.15, -0.1) is 0 Å². The van der Waals surface area contributed by atoms with Gasteiger partial charge in [-0.2, -0.15) is 0 Å². The molecule has 4 heteroatoms. The minimum atomic E-state index is -0.362. The van der Waals surface area contributed by atoms with Crippen LogP contribution in [-0.2, 0) is 9.47 Å². The van der Waals surface area contributed by atoms with Crippen molar-refractivity contribution in [3.05, 3.63) is 29.3 Å². The van der Waals surface area contributed by atoms with E-state index in [1.54, 1.807) is 6.07 Å². The van der Waals surface area contributed by atoms with Crippen LogP contribution in [0, 0.1) is 6.92 Å². The van der Waals surface area contributed by atoms with Crippen molar-refractivity contribution in [3.8, 4) is 0 Å². The van der Waals surface area contributed by atoms with Crippen molar-refractivity contribution in [2.45, 2.75) is 13.0 Å². The average Bonchev–Trinajstić information content (AvgIpc) is 2.11. The maximum atomic E-state index is 11.7. The smallest absolute Gasteiger partial charge is 0.340 e. The van der Waals surface area contributed by atoms with Gasteiger partial charge in [-0.25, -0.2) is 4.79 Å². The minimum Gasteiger partial charge on any atom is -0.454 e.